The molecule has 0 aromatic carbocycles. The first-order chi connectivity index (χ1) is 20.9. The third-order valence-corrected chi connectivity index (χ3v) is 9.35. The summed E-state index contributed by atoms with van der Waals surface area (Å²) in [5.74, 6) is 0.127. The van der Waals surface area contributed by atoms with Crippen molar-refractivity contribution in [2.45, 2.75) is 107 Å². The average Bonchev–Trinajstić information content (AvgIpc) is 3.53. The molecular weight excluding hydrogens is 590 g/mol. The van der Waals surface area contributed by atoms with E-state index >= 15 is 0 Å². The molecule has 0 bridgehead atoms. The Morgan fingerprint density at radius 2 is 1.77 bits per heavy atom. The van der Waals surface area contributed by atoms with Crippen molar-refractivity contribution in [1.82, 2.24) is 31.5 Å². The number of amides is 5. The fourth-order valence-electron chi connectivity index (χ4n) is 5.29. The van der Waals surface area contributed by atoms with E-state index in [1.54, 1.807) is 19.0 Å². The highest BCUT2D eigenvalue weighted by molar-refractivity contribution is 8.00. The Kier molecular flexibility index (Phi) is 16.6. The zero-order valence-electron chi connectivity index (χ0n) is 26.3. The Morgan fingerprint density at radius 1 is 1.07 bits per heavy atom. The summed E-state index contributed by atoms with van der Waals surface area (Å²) in [4.78, 5) is 54.4. The third-order valence-electron chi connectivity index (χ3n) is 7.84. The molecule has 0 spiro atoms. The van der Waals surface area contributed by atoms with Crippen LogP contribution in [0.25, 0.3) is 10.4 Å². The zero-order valence-corrected chi connectivity index (χ0v) is 27.1. The Bertz CT molecular complexity index is 997. The van der Waals surface area contributed by atoms with Crippen LogP contribution in [0.3, 0.4) is 0 Å². The molecule has 250 valence electrons. The van der Waals surface area contributed by atoms with Crippen LogP contribution in [-0.4, -0.2) is 120 Å². The number of carbonyl (C=O) groups excluding carboxylic acids is 4. The average molecular weight is 642 g/mol. The fourth-order valence-corrected chi connectivity index (χ4v) is 6.84. The predicted molar refractivity (Wildman–Crippen MR) is 169 cm³/mol. The Balaban J connectivity index is 1.74. The molecule has 0 aliphatic carbocycles. The Hall–Kier alpha value is -2.78. The highest BCUT2D eigenvalue weighted by Gasteiger charge is 2.42. The molecule has 5 amide bonds. The van der Waals surface area contributed by atoms with Crippen LogP contribution in [0.4, 0.5) is 4.79 Å². The van der Waals surface area contributed by atoms with Crippen LogP contribution < -0.4 is 26.6 Å². The number of nitrogens with zero attached hydrogens (tertiary/aromatic N) is 4. The summed E-state index contributed by atoms with van der Waals surface area (Å²) in [6, 6.07) is -1.11. The first-order valence-corrected chi connectivity index (χ1v) is 16.5. The lowest BCUT2D eigenvalue weighted by Gasteiger charge is -2.28. The molecule has 2 rings (SSSR count). The Labute approximate surface area is 264 Å². The van der Waals surface area contributed by atoms with Gasteiger partial charge in [-0.3, -0.25) is 19.3 Å². The summed E-state index contributed by atoms with van der Waals surface area (Å²) in [5.41, 5.74) is 8.47. The van der Waals surface area contributed by atoms with E-state index in [1.165, 1.54) is 0 Å². The minimum absolute atomic E-state index is 0.120. The maximum Gasteiger partial charge on any atom is 0.315 e. The number of rotatable bonds is 21. The van der Waals surface area contributed by atoms with Crippen molar-refractivity contribution in [3.05, 3.63) is 10.4 Å². The van der Waals surface area contributed by atoms with E-state index in [0.29, 0.717) is 37.4 Å². The second-order valence-electron chi connectivity index (χ2n) is 12.2. The number of hydrogen-bond acceptors (Lipinski definition) is 9. The van der Waals surface area contributed by atoms with E-state index in [9.17, 15) is 29.4 Å². The molecule has 2 heterocycles. The lowest BCUT2D eigenvalue weighted by atomic mass is 10.0. The maximum atomic E-state index is 13.0. The topological polar surface area (TPSA) is 221 Å². The molecule has 2 aliphatic heterocycles. The van der Waals surface area contributed by atoms with E-state index in [4.69, 9.17) is 5.53 Å². The second kappa shape index (κ2) is 19.6. The molecule has 15 nitrogen and oxygen atoms in total. The van der Waals surface area contributed by atoms with Gasteiger partial charge in [-0.1, -0.05) is 31.8 Å². The highest BCUT2D eigenvalue weighted by Crippen LogP contribution is 2.33. The summed E-state index contributed by atoms with van der Waals surface area (Å²) < 4.78 is 0. The lowest BCUT2D eigenvalue weighted by Crippen LogP contribution is -2.54. The van der Waals surface area contributed by atoms with Crippen molar-refractivity contribution in [2.24, 2.45) is 11.0 Å². The number of urea groups is 1. The molecule has 2 saturated heterocycles. The normalized spacial score (nSPS) is 21.8. The number of nitrogens with one attached hydrogen (secondary N) is 5. The van der Waals surface area contributed by atoms with Crippen LogP contribution >= 0.6 is 11.8 Å². The van der Waals surface area contributed by atoms with Gasteiger partial charge < -0.3 is 36.8 Å². The number of thioether (sulfide) groups is 1. The monoisotopic (exact) mass is 641 g/mol. The van der Waals surface area contributed by atoms with Crippen LogP contribution in [0.15, 0.2) is 5.11 Å². The van der Waals surface area contributed by atoms with Crippen LogP contribution in [0.1, 0.15) is 65.2 Å². The molecule has 7 N–H and O–H groups in total. The minimum Gasteiger partial charge on any atom is -0.389 e. The Morgan fingerprint density at radius 3 is 2.43 bits per heavy atom. The van der Waals surface area contributed by atoms with Crippen LogP contribution in [0, 0.1) is 5.92 Å². The van der Waals surface area contributed by atoms with Gasteiger partial charge in [0.05, 0.1) is 30.3 Å². The second-order valence-corrected chi connectivity index (χ2v) is 13.4. The molecule has 7 atom stereocenters. The molecular formula is C28H51N9O6S. The molecule has 0 radical (unpaired) electrons. The van der Waals surface area contributed by atoms with Gasteiger partial charge in [0.25, 0.3) is 0 Å². The van der Waals surface area contributed by atoms with Crippen molar-refractivity contribution in [3.8, 4) is 0 Å². The number of unbranched alkanes of at least 4 members (excludes halogenated alkanes) is 2. The van der Waals surface area contributed by atoms with Crippen LogP contribution in [0.5, 0.6) is 0 Å². The van der Waals surface area contributed by atoms with Gasteiger partial charge in [0.15, 0.2) is 0 Å². The molecule has 16 heteroatoms. The summed E-state index contributed by atoms with van der Waals surface area (Å²) >= 11 is 1.83. The van der Waals surface area contributed by atoms with Gasteiger partial charge in [-0.2, -0.15) is 11.8 Å². The first kappa shape index (κ1) is 37.4. The smallest absolute Gasteiger partial charge is 0.315 e. The lowest BCUT2D eigenvalue weighted by molar-refractivity contribution is -0.132. The van der Waals surface area contributed by atoms with E-state index in [2.05, 4.69) is 36.6 Å². The molecule has 0 aromatic heterocycles. The van der Waals surface area contributed by atoms with Crippen molar-refractivity contribution in [1.29, 1.82) is 0 Å². The highest BCUT2D eigenvalue weighted by atomic mass is 32.2. The van der Waals surface area contributed by atoms with Crippen LogP contribution in [-0.2, 0) is 14.4 Å². The van der Waals surface area contributed by atoms with Gasteiger partial charge in [0, 0.05) is 42.0 Å². The van der Waals surface area contributed by atoms with Crippen molar-refractivity contribution in [2.75, 3.05) is 39.5 Å². The van der Waals surface area contributed by atoms with E-state index < -0.39 is 30.2 Å². The number of carbonyl (C=O) groups is 4. The van der Waals surface area contributed by atoms with Gasteiger partial charge >= 0.3 is 6.03 Å². The number of aliphatic hydroxyl groups is 2. The number of azide groups is 1. The largest absolute Gasteiger partial charge is 0.389 e. The summed E-state index contributed by atoms with van der Waals surface area (Å²) in [6.07, 6.45) is 2.02. The molecule has 0 saturated carbocycles. The molecule has 44 heavy (non-hydrogen) atoms. The number of likely N-dealkylation sites (N-methyl/N-ethyl adjacent to an activating group) is 1. The van der Waals surface area contributed by atoms with Crippen LogP contribution in [0.2, 0.25) is 0 Å². The molecule has 2 aliphatic rings. The van der Waals surface area contributed by atoms with Gasteiger partial charge in [-0.05, 0) is 57.6 Å². The number of aliphatic hydroxyl groups excluding tert-OH is 2. The van der Waals surface area contributed by atoms with E-state index in [-0.39, 0.29) is 61.9 Å². The SMILES string of the molecule is CC(C)CC(C(=O)NC(CCCCN=[N+]=[N-])C(=O)NCC(O)C(O)CNC(=O)CCCCC1SCC2NC(=O)NC21)N(C)C. The van der Waals surface area contributed by atoms with Gasteiger partial charge in [0.2, 0.25) is 17.7 Å². The van der Waals surface area contributed by atoms with Crippen molar-refractivity contribution < 1.29 is 29.4 Å². The quantitative estimate of drug-likeness (QED) is 0.0309. The maximum absolute atomic E-state index is 13.0. The predicted octanol–water partition coefficient (Wildman–Crippen LogP) is 0.608. The molecule has 0 aromatic rings. The van der Waals surface area contributed by atoms with Crippen molar-refractivity contribution in [3.63, 3.8) is 0 Å². The summed E-state index contributed by atoms with van der Waals surface area (Å²) in [5, 5.41) is 38.5. The standard InChI is InChI=1S/C28H51N9O6S/c1-17(2)13-20(37(3)4)27(42)33-18(9-7-8-12-32-36-29)26(41)31-15-22(39)21(38)14-30-24(40)11-6-5-10-23-25-19(16-44-23)34-28(43)35-25/h17-23,25,38-39H,5-16H2,1-4H3,(H,30,40)(H,31,41)(H,33,42)(H2,34,35,43). The summed E-state index contributed by atoms with van der Waals surface area (Å²) in [6.45, 7) is 3.87. The summed E-state index contributed by atoms with van der Waals surface area (Å²) in [7, 11) is 3.61. The zero-order chi connectivity index (χ0) is 32.6. The number of hydrogen-bond donors (Lipinski definition) is 7. The minimum atomic E-state index is -1.33. The number of fused-ring (bicyclic) bond motifs is 1. The fraction of sp³-hybridized carbons (Fsp3) is 0.857. The van der Waals surface area contributed by atoms with E-state index in [0.717, 1.165) is 18.6 Å². The third kappa shape index (κ3) is 13.1. The van der Waals surface area contributed by atoms with E-state index in [1.807, 2.05) is 25.6 Å². The van der Waals surface area contributed by atoms with Gasteiger partial charge in [-0.25, -0.2) is 4.79 Å². The van der Waals surface area contributed by atoms with Crippen molar-refractivity contribution >= 4 is 35.5 Å². The van der Waals surface area contributed by atoms with Gasteiger partial charge in [0.1, 0.15) is 6.04 Å². The first-order valence-electron chi connectivity index (χ1n) is 15.5. The molecule has 7 unspecified atom stereocenters. The molecule has 2 fully saturated rings. The van der Waals surface area contributed by atoms with Gasteiger partial charge in [-0.15, -0.1) is 0 Å².